The first-order chi connectivity index (χ1) is 7.66. The molecule has 1 aromatic carbocycles. The standard InChI is InChI=1S/C13H13IO2/c1-9-8-11(16-13(9)15)7-6-10-4-2-3-5-12(10)14/h2-5,8,11H,6-7H2,1H3. The van der Waals surface area contributed by atoms with Gasteiger partial charge in [0.2, 0.25) is 0 Å². The first-order valence-electron chi connectivity index (χ1n) is 5.29. The molecule has 0 aromatic heterocycles. The second-order valence-electron chi connectivity index (χ2n) is 3.92. The lowest BCUT2D eigenvalue weighted by atomic mass is 10.1. The summed E-state index contributed by atoms with van der Waals surface area (Å²) in [5.41, 5.74) is 2.05. The van der Waals surface area contributed by atoms with Gasteiger partial charge in [0.1, 0.15) is 6.10 Å². The molecule has 1 heterocycles. The van der Waals surface area contributed by atoms with Gasteiger partial charge in [0.25, 0.3) is 0 Å². The number of benzene rings is 1. The highest BCUT2D eigenvalue weighted by Crippen LogP contribution is 2.20. The molecular formula is C13H13IO2. The maximum absolute atomic E-state index is 11.2. The number of rotatable bonds is 3. The summed E-state index contributed by atoms with van der Waals surface area (Å²) in [5, 5.41) is 0. The number of hydrogen-bond donors (Lipinski definition) is 0. The highest BCUT2D eigenvalue weighted by atomic mass is 127. The fourth-order valence-corrected chi connectivity index (χ4v) is 2.41. The molecule has 0 radical (unpaired) electrons. The van der Waals surface area contributed by atoms with E-state index in [4.69, 9.17) is 4.74 Å². The third-order valence-corrected chi connectivity index (χ3v) is 3.72. The minimum atomic E-state index is -0.173. The smallest absolute Gasteiger partial charge is 0.334 e. The van der Waals surface area contributed by atoms with E-state index in [2.05, 4.69) is 34.7 Å². The lowest BCUT2D eigenvalue weighted by Gasteiger charge is -2.09. The molecule has 0 aliphatic carbocycles. The van der Waals surface area contributed by atoms with E-state index >= 15 is 0 Å². The Bertz CT molecular complexity index is 437. The number of carbonyl (C=O) groups is 1. The summed E-state index contributed by atoms with van der Waals surface area (Å²) >= 11 is 2.33. The van der Waals surface area contributed by atoms with Gasteiger partial charge in [-0.2, -0.15) is 0 Å². The molecule has 84 valence electrons. The van der Waals surface area contributed by atoms with Crippen molar-refractivity contribution in [1.82, 2.24) is 0 Å². The third-order valence-electron chi connectivity index (χ3n) is 2.67. The molecule has 1 aliphatic heterocycles. The number of aryl methyl sites for hydroxylation is 1. The van der Waals surface area contributed by atoms with Crippen LogP contribution in [0.1, 0.15) is 18.9 Å². The minimum Gasteiger partial charge on any atom is -0.455 e. The molecule has 0 spiro atoms. The number of carbonyl (C=O) groups excluding carboxylic acids is 1. The van der Waals surface area contributed by atoms with E-state index in [1.165, 1.54) is 9.13 Å². The number of cyclic esters (lactones) is 1. The average Bonchev–Trinajstić information content (AvgIpc) is 2.57. The first-order valence-corrected chi connectivity index (χ1v) is 6.37. The molecule has 2 nitrogen and oxygen atoms in total. The van der Waals surface area contributed by atoms with Crippen LogP contribution in [0.3, 0.4) is 0 Å². The second-order valence-corrected chi connectivity index (χ2v) is 5.09. The van der Waals surface area contributed by atoms with Crippen LogP contribution < -0.4 is 0 Å². The molecule has 0 amide bonds. The minimum absolute atomic E-state index is 0.0384. The second kappa shape index (κ2) is 4.99. The molecule has 2 rings (SSSR count). The van der Waals surface area contributed by atoms with Gasteiger partial charge in [0.15, 0.2) is 0 Å². The molecule has 1 aliphatic rings. The lowest BCUT2D eigenvalue weighted by molar-refractivity contribution is -0.139. The molecule has 16 heavy (non-hydrogen) atoms. The summed E-state index contributed by atoms with van der Waals surface area (Å²) < 4.78 is 6.47. The average molecular weight is 328 g/mol. The van der Waals surface area contributed by atoms with E-state index in [1.807, 2.05) is 18.2 Å². The Hall–Kier alpha value is -0.840. The van der Waals surface area contributed by atoms with Crippen molar-refractivity contribution in [2.45, 2.75) is 25.9 Å². The number of hydrogen-bond acceptors (Lipinski definition) is 2. The zero-order chi connectivity index (χ0) is 11.5. The summed E-state index contributed by atoms with van der Waals surface area (Å²) in [4.78, 5) is 11.2. The highest BCUT2D eigenvalue weighted by Gasteiger charge is 2.21. The Labute approximate surface area is 109 Å². The van der Waals surface area contributed by atoms with E-state index in [0.717, 1.165) is 18.4 Å². The lowest BCUT2D eigenvalue weighted by Crippen LogP contribution is -2.09. The van der Waals surface area contributed by atoms with Gasteiger partial charge in [0.05, 0.1) is 0 Å². The Morgan fingerprint density at radius 3 is 2.75 bits per heavy atom. The third kappa shape index (κ3) is 2.64. The van der Waals surface area contributed by atoms with Crippen LogP contribution >= 0.6 is 22.6 Å². The molecule has 0 saturated carbocycles. The number of halogens is 1. The van der Waals surface area contributed by atoms with E-state index in [-0.39, 0.29) is 12.1 Å². The van der Waals surface area contributed by atoms with Crippen molar-refractivity contribution >= 4 is 28.6 Å². The van der Waals surface area contributed by atoms with Crippen molar-refractivity contribution in [2.24, 2.45) is 0 Å². The number of esters is 1. The van der Waals surface area contributed by atoms with Crippen molar-refractivity contribution < 1.29 is 9.53 Å². The molecule has 0 fully saturated rings. The van der Waals surface area contributed by atoms with Gasteiger partial charge < -0.3 is 4.74 Å². The van der Waals surface area contributed by atoms with Gasteiger partial charge in [-0.1, -0.05) is 18.2 Å². The van der Waals surface area contributed by atoms with E-state index in [9.17, 15) is 4.79 Å². The van der Waals surface area contributed by atoms with Gasteiger partial charge in [-0.3, -0.25) is 0 Å². The normalized spacial score (nSPS) is 19.5. The van der Waals surface area contributed by atoms with Crippen molar-refractivity contribution in [3.63, 3.8) is 0 Å². The zero-order valence-electron chi connectivity index (χ0n) is 9.07. The largest absolute Gasteiger partial charge is 0.455 e. The predicted octanol–water partition coefficient (Wildman–Crippen LogP) is 3.10. The van der Waals surface area contributed by atoms with Crippen LogP contribution in [-0.2, 0) is 16.0 Å². The van der Waals surface area contributed by atoms with Crippen LogP contribution in [0.5, 0.6) is 0 Å². The monoisotopic (exact) mass is 328 g/mol. The molecule has 1 aromatic rings. The van der Waals surface area contributed by atoms with Crippen LogP contribution in [-0.4, -0.2) is 12.1 Å². The van der Waals surface area contributed by atoms with Gasteiger partial charge in [-0.15, -0.1) is 0 Å². The Balaban J connectivity index is 1.94. The molecule has 0 N–H and O–H groups in total. The van der Waals surface area contributed by atoms with Gasteiger partial charge in [-0.25, -0.2) is 4.79 Å². The molecular weight excluding hydrogens is 315 g/mol. The van der Waals surface area contributed by atoms with Crippen molar-refractivity contribution in [3.05, 3.63) is 45.0 Å². The van der Waals surface area contributed by atoms with Crippen molar-refractivity contribution in [1.29, 1.82) is 0 Å². The van der Waals surface area contributed by atoms with Gasteiger partial charge >= 0.3 is 5.97 Å². The van der Waals surface area contributed by atoms with E-state index in [1.54, 1.807) is 6.92 Å². The summed E-state index contributed by atoms with van der Waals surface area (Å²) in [6, 6.07) is 8.29. The number of ether oxygens (including phenoxy) is 1. The molecule has 1 atom stereocenters. The fraction of sp³-hybridized carbons (Fsp3) is 0.308. The molecule has 3 heteroatoms. The molecule has 0 bridgehead atoms. The topological polar surface area (TPSA) is 26.3 Å². The predicted molar refractivity (Wildman–Crippen MR) is 71.1 cm³/mol. The van der Waals surface area contributed by atoms with Crippen molar-refractivity contribution in [2.75, 3.05) is 0 Å². The van der Waals surface area contributed by atoms with Crippen molar-refractivity contribution in [3.8, 4) is 0 Å². The Kier molecular flexibility index (Phi) is 3.63. The zero-order valence-corrected chi connectivity index (χ0v) is 11.2. The van der Waals surface area contributed by atoms with E-state index in [0.29, 0.717) is 0 Å². The van der Waals surface area contributed by atoms with Crippen LogP contribution in [0.2, 0.25) is 0 Å². The Morgan fingerprint density at radius 2 is 2.12 bits per heavy atom. The highest BCUT2D eigenvalue weighted by molar-refractivity contribution is 14.1. The van der Waals surface area contributed by atoms with Gasteiger partial charge in [0, 0.05) is 9.14 Å². The molecule has 1 unspecified atom stereocenters. The van der Waals surface area contributed by atoms with E-state index < -0.39 is 0 Å². The van der Waals surface area contributed by atoms with Gasteiger partial charge in [-0.05, 0) is 60.1 Å². The quantitative estimate of drug-likeness (QED) is 0.630. The fourth-order valence-electron chi connectivity index (χ4n) is 1.75. The van der Waals surface area contributed by atoms with Crippen LogP contribution in [0.25, 0.3) is 0 Å². The van der Waals surface area contributed by atoms with Crippen LogP contribution in [0, 0.1) is 3.57 Å². The SMILES string of the molecule is CC1=CC(CCc2ccccc2I)OC1=O. The van der Waals surface area contributed by atoms with Crippen LogP contribution in [0.4, 0.5) is 0 Å². The summed E-state index contributed by atoms with van der Waals surface area (Å²) in [6.07, 6.45) is 3.69. The summed E-state index contributed by atoms with van der Waals surface area (Å²) in [6.45, 7) is 1.80. The maximum atomic E-state index is 11.2. The van der Waals surface area contributed by atoms with Crippen LogP contribution in [0.15, 0.2) is 35.9 Å². The maximum Gasteiger partial charge on any atom is 0.334 e. The molecule has 0 saturated heterocycles. The summed E-state index contributed by atoms with van der Waals surface area (Å²) in [7, 11) is 0. The first kappa shape index (κ1) is 11.6. The summed E-state index contributed by atoms with van der Waals surface area (Å²) in [5.74, 6) is -0.173. The Morgan fingerprint density at radius 1 is 1.38 bits per heavy atom.